The van der Waals surface area contributed by atoms with Crippen LogP contribution in [0.1, 0.15) is 0 Å². The molecule has 210 valence electrons. The van der Waals surface area contributed by atoms with Gasteiger partial charge in [0.25, 0.3) is 0 Å². The van der Waals surface area contributed by atoms with Crippen LogP contribution >= 0.6 is 11.3 Å². The van der Waals surface area contributed by atoms with Crippen LogP contribution in [0.4, 0.5) is 0 Å². The number of nitrogens with zero attached hydrogens (tertiary/aromatic N) is 1. The van der Waals surface area contributed by atoms with Gasteiger partial charge in [0.1, 0.15) is 11.2 Å². The van der Waals surface area contributed by atoms with Gasteiger partial charge in [-0.15, -0.1) is 11.3 Å². The molecular weight excluding hydrogens is 567 g/mol. The van der Waals surface area contributed by atoms with E-state index in [2.05, 4.69) is 144 Å². The highest BCUT2D eigenvalue weighted by molar-refractivity contribution is 7.25. The Morgan fingerprint density at radius 2 is 1.20 bits per heavy atom. The summed E-state index contributed by atoms with van der Waals surface area (Å²) in [7, 11) is 0. The van der Waals surface area contributed by atoms with Gasteiger partial charge in [0.2, 0.25) is 0 Å². The largest absolute Gasteiger partial charge is 0.456 e. The van der Waals surface area contributed by atoms with Crippen molar-refractivity contribution in [3.8, 4) is 27.9 Å². The maximum Gasteiger partial charge on any atom is 0.135 e. The smallest absolute Gasteiger partial charge is 0.135 e. The van der Waals surface area contributed by atoms with E-state index in [4.69, 9.17) is 4.42 Å². The average molecular weight is 592 g/mol. The Morgan fingerprint density at radius 3 is 2.13 bits per heavy atom. The predicted octanol–water partition coefficient (Wildman–Crippen LogP) is 12.4. The third-order valence-electron chi connectivity index (χ3n) is 9.21. The van der Waals surface area contributed by atoms with Gasteiger partial charge in [0, 0.05) is 47.4 Å². The number of fused-ring (bicyclic) bond motifs is 9. The van der Waals surface area contributed by atoms with Crippen molar-refractivity contribution in [2.24, 2.45) is 0 Å². The van der Waals surface area contributed by atoms with E-state index in [9.17, 15) is 0 Å². The van der Waals surface area contributed by atoms with Gasteiger partial charge in [-0.25, -0.2) is 0 Å². The molecule has 0 saturated heterocycles. The van der Waals surface area contributed by atoms with Gasteiger partial charge >= 0.3 is 0 Å². The van der Waals surface area contributed by atoms with Crippen molar-refractivity contribution in [2.45, 2.75) is 0 Å². The molecule has 0 amide bonds. The molecule has 0 saturated carbocycles. The normalized spacial score (nSPS) is 12.0. The Bertz CT molecular complexity index is 2760. The molecule has 0 spiro atoms. The summed E-state index contributed by atoms with van der Waals surface area (Å²) in [5.74, 6) is 0. The highest BCUT2D eigenvalue weighted by Crippen LogP contribution is 2.43. The summed E-state index contributed by atoms with van der Waals surface area (Å²) >= 11 is 1.87. The summed E-state index contributed by atoms with van der Waals surface area (Å²) in [6, 6.07) is 54.9. The molecule has 3 heterocycles. The van der Waals surface area contributed by atoms with E-state index in [0.29, 0.717) is 0 Å². The van der Waals surface area contributed by atoms with E-state index < -0.39 is 0 Å². The standard InChI is InChI=1S/C42H25NOS/c1-2-9-26(10-3-1)27-17-20-31-34-23-28(30-13-8-16-41-42(30)33-12-5-7-15-40(33)45-41)18-21-36(34)43(37(31)24-27)29-19-22-39-35(25-29)32-11-4-6-14-38(32)44-39/h1-25H. The molecule has 0 radical (unpaired) electrons. The summed E-state index contributed by atoms with van der Waals surface area (Å²) in [4.78, 5) is 0. The molecule has 45 heavy (non-hydrogen) atoms. The zero-order valence-electron chi connectivity index (χ0n) is 24.2. The first-order valence-electron chi connectivity index (χ1n) is 15.3. The predicted molar refractivity (Wildman–Crippen MR) is 192 cm³/mol. The molecule has 0 aliphatic rings. The van der Waals surface area contributed by atoms with Crippen molar-refractivity contribution < 1.29 is 4.42 Å². The minimum absolute atomic E-state index is 0.907. The molecule has 0 atom stereocenters. The van der Waals surface area contributed by atoms with E-state index in [1.165, 1.54) is 64.2 Å². The van der Waals surface area contributed by atoms with Gasteiger partial charge < -0.3 is 8.98 Å². The van der Waals surface area contributed by atoms with Gasteiger partial charge in [-0.2, -0.15) is 0 Å². The van der Waals surface area contributed by atoms with E-state index >= 15 is 0 Å². The number of rotatable bonds is 3. The van der Waals surface area contributed by atoms with Crippen molar-refractivity contribution in [1.29, 1.82) is 0 Å². The lowest BCUT2D eigenvalue weighted by Crippen LogP contribution is -1.94. The molecule has 10 aromatic rings. The zero-order valence-corrected chi connectivity index (χ0v) is 25.0. The van der Waals surface area contributed by atoms with Crippen molar-refractivity contribution in [1.82, 2.24) is 4.57 Å². The summed E-state index contributed by atoms with van der Waals surface area (Å²) in [6.45, 7) is 0. The van der Waals surface area contributed by atoms with Crippen LogP contribution in [0.2, 0.25) is 0 Å². The minimum Gasteiger partial charge on any atom is -0.456 e. The lowest BCUT2D eigenvalue weighted by molar-refractivity contribution is 0.669. The molecule has 0 aliphatic carbocycles. The van der Waals surface area contributed by atoms with E-state index in [-0.39, 0.29) is 0 Å². The molecule has 10 rings (SSSR count). The Hall–Kier alpha value is -5.64. The molecule has 0 aliphatic heterocycles. The van der Waals surface area contributed by atoms with Gasteiger partial charge in [-0.05, 0) is 76.9 Å². The molecule has 3 aromatic heterocycles. The maximum absolute atomic E-state index is 6.19. The monoisotopic (exact) mass is 591 g/mol. The summed E-state index contributed by atoms with van der Waals surface area (Å²) in [5, 5.41) is 7.42. The van der Waals surface area contributed by atoms with Crippen molar-refractivity contribution >= 4 is 75.3 Å². The number of hydrogen-bond donors (Lipinski definition) is 0. The molecule has 3 heteroatoms. The highest BCUT2D eigenvalue weighted by Gasteiger charge is 2.18. The summed E-state index contributed by atoms with van der Waals surface area (Å²) in [6.07, 6.45) is 0. The number of furan rings is 1. The highest BCUT2D eigenvalue weighted by atomic mass is 32.1. The molecule has 0 fully saturated rings. The average Bonchev–Trinajstić information content (AvgIpc) is 3.77. The van der Waals surface area contributed by atoms with E-state index in [0.717, 1.165) is 27.6 Å². The van der Waals surface area contributed by atoms with Gasteiger partial charge in [0.05, 0.1) is 11.0 Å². The van der Waals surface area contributed by atoms with Crippen LogP contribution < -0.4 is 0 Å². The number of benzene rings is 7. The van der Waals surface area contributed by atoms with Gasteiger partial charge in [0.15, 0.2) is 0 Å². The minimum atomic E-state index is 0.907. The number of aromatic nitrogens is 1. The number of para-hydroxylation sites is 1. The van der Waals surface area contributed by atoms with Crippen LogP contribution in [-0.4, -0.2) is 4.57 Å². The summed E-state index contributed by atoms with van der Waals surface area (Å²) < 4.78 is 11.3. The van der Waals surface area contributed by atoms with Gasteiger partial charge in [-0.1, -0.05) is 97.1 Å². The molecule has 0 bridgehead atoms. The topological polar surface area (TPSA) is 18.1 Å². The fraction of sp³-hybridized carbons (Fsp3) is 0. The third-order valence-corrected chi connectivity index (χ3v) is 10.3. The number of thiophene rings is 1. The Morgan fingerprint density at radius 1 is 0.422 bits per heavy atom. The van der Waals surface area contributed by atoms with Gasteiger partial charge in [-0.3, -0.25) is 0 Å². The fourth-order valence-corrected chi connectivity index (χ4v) is 8.28. The molecular formula is C42H25NOS. The van der Waals surface area contributed by atoms with E-state index in [1.807, 2.05) is 23.5 Å². The Balaban J connectivity index is 1.27. The quantitative estimate of drug-likeness (QED) is 0.200. The van der Waals surface area contributed by atoms with Crippen LogP contribution in [-0.2, 0) is 0 Å². The van der Waals surface area contributed by atoms with Crippen LogP contribution in [0.5, 0.6) is 0 Å². The van der Waals surface area contributed by atoms with Crippen molar-refractivity contribution in [3.05, 3.63) is 152 Å². The molecule has 0 unspecified atom stereocenters. The lowest BCUT2D eigenvalue weighted by Gasteiger charge is -2.10. The maximum atomic E-state index is 6.19. The lowest BCUT2D eigenvalue weighted by atomic mass is 9.97. The third kappa shape index (κ3) is 3.68. The zero-order chi connectivity index (χ0) is 29.5. The van der Waals surface area contributed by atoms with E-state index in [1.54, 1.807) is 0 Å². The summed E-state index contributed by atoms with van der Waals surface area (Å²) in [5.41, 5.74) is 10.3. The van der Waals surface area contributed by atoms with Crippen LogP contribution in [0.3, 0.4) is 0 Å². The molecule has 0 N–H and O–H groups in total. The second-order valence-electron chi connectivity index (χ2n) is 11.7. The first-order valence-corrected chi connectivity index (χ1v) is 16.1. The Labute approximate surface area is 263 Å². The number of hydrogen-bond acceptors (Lipinski definition) is 2. The second-order valence-corrected chi connectivity index (χ2v) is 12.8. The molecule has 2 nitrogen and oxygen atoms in total. The first-order chi connectivity index (χ1) is 22.3. The SMILES string of the molecule is c1ccc(-c2ccc3c4cc(-c5cccc6sc7ccccc7c56)ccc4n(-c4ccc5oc6ccccc6c5c4)c3c2)cc1. The second kappa shape index (κ2) is 9.43. The Kier molecular flexibility index (Phi) is 5.19. The van der Waals surface area contributed by atoms with Crippen molar-refractivity contribution in [2.75, 3.05) is 0 Å². The van der Waals surface area contributed by atoms with Crippen LogP contribution in [0, 0.1) is 0 Å². The molecule has 7 aromatic carbocycles. The van der Waals surface area contributed by atoms with Crippen molar-refractivity contribution in [3.63, 3.8) is 0 Å². The van der Waals surface area contributed by atoms with Crippen LogP contribution in [0.25, 0.3) is 91.9 Å². The first kappa shape index (κ1) is 24.8. The van der Waals surface area contributed by atoms with Crippen LogP contribution in [0.15, 0.2) is 156 Å². The fourth-order valence-electron chi connectivity index (χ4n) is 7.15.